The molecule has 0 aliphatic rings. The normalized spacial score (nSPS) is 11.3. The van der Waals surface area contributed by atoms with E-state index in [-0.39, 0.29) is 16.4 Å². The highest BCUT2D eigenvalue weighted by molar-refractivity contribution is 7.99. The molecule has 22 heavy (non-hydrogen) atoms. The molecule has 0 saturated heterocycles. The van der Waals surface area contributed by atoms with Gasteiger partial charge in [0.25, 0.3) is 0 Å². The van der Waals surface area contributed by atoms with Gasteiger partial charge in [-0.15, -0.1) is 0 Å². The van der Waals surface area contributed by atoms with Crippen LogP contribution in [0.1, 0.15) is 0 Å². The Labute approximate surface area is 135 Å². The van der Waals surface area contributed by atoms with E-state index in [0.29, 0.717) is 24.6 Å². The van der Waals surface area contributed by atoms with Gasteiger partial charge >= 0.3 is 0 Å². The van der Waals surface area contributed by atoms with Crippen LogP contribution >= 0.6 is 11.8 Å². The molecule has 0 aromatic heterocycles. The molecular formula is C13H22N2O5S2. The maximum atomic E-state index is 12.5. The first-order chi connectivity index (χ1) is 10.5. The van der Waals surface area contributed by atoms with Gasteiger partial charge in [0.15, 0.2) is 4.90 Å². The second-order valence-corrected chi connectivity index (χ2v) is 7.09. The minimum absolute atomic E-state index is 0.0397. The van der Waals surface area contributed by atoms with Gasteiger partial charge in [-0.1, -0.05) is 0 Å². The van der Waals surface area contributed by atoms with Crippen LogP contribution < -0.4 is 24.7 Å². The first-order valence-corrected chi connectivity index (χ1v) is 9.21. The Morgan fingerprint density at radius 2 is 1.68 bits per heavy atom. The van der Waals surface area contributed by atoms with E-state index in [0.717, 1.165) is 5.75 Å². The summed E-state index contributed by atoms with van der Waals surface area (Å²) in [5.74, 6) is 2.21. The van der Waals surface area contributed by atoms with E-state index in [1.165, 1.54) is 33.5 Å². The second kappa shape index (κ2) is 9.09. The summed E-state index contributed by atoms with van der Waals surface area (Å²) in [5.41, 5.74) is 5.39. The van der Waals surface area contributed by atoms with Gasteiger partial charge in [-0.3, -0.25) is 0 Å². The molecule has 1 aromatic rings. The van der Waals surface area contributed by atoms with Crippen molar-refractivity contribution in [2.24, 2.45) is 5.73 Å². The Bertz CT molecular complexity index is 553. The fourth-order valence-electron chi connectivity index (χ4n) is 1.74. The van der Waals surface area contributed by atoms with E-state index in [4.69, 9.17) is 19.9 Å². The number of thioether (sulfide) groups is 1. The Balaban J connectivity index is 3.01. The highest BCUT2D eigenvalue weighted by Crippen LogP contribution is 2.37. The number of rotatable bonds is 10. The van der Waals surface area contributed by atoms with Crippen LogP contribution in [0.3, 0.4) is 0 Å². The number of methoxy groups -OCH3 is 3. The average Bonchev–Trinajstić information content (AvgIpc) is 2.52. The summed E-state index contributed by atoms with van der Waals surface area (Å²) in [4.78, 5) is -0.0397. The summed E-state index contributed by atoms with van der Waals surface area (Å²) in [6, 6.07) is 3.00. The van der Waals surface area contributed by atoms with E-state index < -0.39 is 10.0 Å². The van der Waals surface area contributed by atoms with E-state index in [1.54, 1.807) is 11.8 Å². The van der Waals surface area contributed by atoms with Crippen molar-refractivity contribution < 1.29 is 22.6 Å². The van der Waals surface area contributed by atoms with E-state index in [2.05, 4.69) is 4.72 Å². The lowest BCUT2D eigenvalue weighted by Crippen LogP contribution is -2.27. The molecule has 0 radical (unpaired) electrons. The minimum Gasteiger partial charge on any atom is -0.496 e. The van der Waals surface area contributed by atoms with Crippen molar-refractivity contribution in [2.45, 2.75) is 4.90 Å². The van der Waals surface area contributed by atoms with E-state index in [9.17, 15) is 8.42 Å². The first-order valence-electron chi connectivity index (χ1n) is 6.57. The predicted molar refractivity (Wildman–Crippen MR) is 87.7 cm³/mol. The summed E-state index contributed by atoms with van der Waals surface area (Å²) in [6.07, 6.45) is 0. The molecule has 0 bridgehead atoms. The maximum absolute atomic E-state index is 12.5. The fourth-order valence-corrected chi connectivity index (χ4v) is 3.82. The summed E-state index contributed by atoms with van der Waals surface area (Å²) in [7, 11) is 0.510. The molecule has 0 amide bonds. The molecule has 126 valence electrons. The molecule has 0 atom stereocenters. The van der Waals surface area contributed by atoms with Crippen LogP contribution in [0.4, 0.5) is 0 Å². The van der Waals surface area contributed by atoms with E-state index in [1.807, 2.05) is 0 Å². The standard InChI is InChI=1S/C13H22N2O5S2/c1-18-10-8-11(19-2)13(12(9-10)20-3)22(16,17)15-5-7-21-6-4-14/h8-9,15H,4-7,14H2,1-3H3. The van der Waals surface area contributed by atoms with E-state index >= 15 is 0 Å². The van der Waals surface area contributed by atoms with Gasteiger partial charge < -0.3 is 19.9 Å². The Hall–Kier alpha value is -1.16. The molecule has 3 N–H and O–H groups in total. The molecule has 7 nitrogen and oxygen atoms in total. The van der Waals surface area contributed by atoms with Crippen molar-refractivity contribution in [3.8, 4) is 17.2 Å². The van der Waals surface area contributed by atoms with Crippen molar-refractivity contribution in [1.82, 2.24) is 4.72 Å². The third-order valence-electron chi connectivity index (χ3n) is 2.74. The van der Waals surface area contributed by atoms with Crippen LogP contribution in [0.5, 0.6) is 17.2 Å². The zero-order chi connectivity index (χ0) is 16.6. The molecule has 0 spiro atoms. The van der Waals surface area contributed by atoms with Crippen LogP contribution in [0.2, 0.25) is 0 Å². The highest BCUT2D eigenvalue weighted by atomic mass is 32.2. The number of hydrogen-bond donors (Lipinski definition) is 2. The van der Waals surface area contributed by atoms with Gasteiger partial charge in [0, 0.05) is 36.7 Å². The van der Waals surface area contributed by atoms with Gasteiger partial charge in [0.1, 0.15) is 17.2 Å². The molecule has 0 aliphatic heterocycles. The number of sulfonamides is 1. The molecule has 0 heterocycles. The average molecular weight is 350 g/mol. The van der Waals surface area contributed by atoms with Crippen LogP contribution in [0.25, 0.3) is 0 Å². The molecule has 0 aliphatic carbocycles. The summed E-state index contributed by atoms with van der Waals surface area (Å²) < 4.78 is 42.9. The topological polar surface area (TPSA) is 99.9 Å². The lowest BCUT2D eigenvalue weighted by Gasteiger charge is -2.15. The summed E-state index contributed by atoms with van der Waals surface area (Å²) in [5, 5.41) is 0. The number of nitrogens with two attached hydrogens (primary N) is 1. The molecule has 0 unspecified atom stereocenters. The third-order valence-corrected chi connectivity index (χ3v) is 5.28. The lowest BCUT2D eigenvalue weighted by atomic mass is 10.3. The maximum Gasteiger partial charge on any atom is 0.248 e. The zero-order valence-electron chi connectivity index (χ0n) is 12.9. The lowest BCUT2D eigenvalue weighted by molar-refractivity contribution is 0.359. The fraction of sp³-hybridized carbons (Fsp3) is 0.538. The predicted octanol–water partition coefficient (Wildman–Crippen LogP) is 0.683. The Morgan fingerprint density at radius 1 is 1.09 bits per heavy atom. The number of nitrogens with one attached hydrogen (secondary N) is 1. The largest absolute Gasteiger partial charge is 0.496 e. The quantitative estimate of drug-likeness (QED) is 0.599. The van der Waals surface area contributed by atoms with Gasteiger partial charge in [0.05, 0.1) is 21.3 Å². The first kappa shape index (κ1) is 18.9. The molecule has 1 rings (SSSR count). The van der Waals surface area contributed by atoms with Crippen molar-refractivity contribution in [1.29, 1.82) is 0 Å². The van der Waals surface area contributed by atoms with Gasteiger partial charge in [0.2, 0.25) is 10.0 Å². The van der Waals surface area contributed by atoms with Crippen LogP contribution in [0.15, 0.2) is 17.0 Å². The Morgan fingerprint density at radius 3 is 2.14 bits per heavy atom. The molecule has 1 aromatic carbocycles. The number of hydrogen-bond acceptors (Lipinski definition) is 7. The van der Waals surface area contributed by atoms with Crippen molar-refractivity contribution in [2.75, 3.05) is 45.9 Å². The van der Waals surface area contributed by atoms with Crippen LogP contribution in [0, 0.1) is 0 Å². The van der Waals surface area contributed by atoms with Gasteiger partial charge in [-0.25, -0.2) is 13.1 Å². The van der Waals surface area contributed by atoms with Gasteiger partial charge in [-0.05, 0) is 0 Å². The third kappa shape index (κ3) is 4.94. The zero-order valence-corrected chi connectivity index (χ0v) is 14.6. The van der Waals surface area contributed by atoms with Crippen LogP contribution in [-0.4, -0.2) is 54.3 Å². The number of ether oxygens (including phenoxy) is 3. The highest BCUT2D eigenvalue weighted by Gasteiger charge is 2.25. The van der Waals surface area contributed by atoms with Crippen LogP contribution in [-0.2, 0) is 10.0 Å². The molecule has 0 fully saturated rings. The Kier molecular flexibility index (Phi) is 7.80. The van der Waals surface area contributed by atoms with Gasteiger partial charge in [-0.2, -0.15) is 11.8 Å². The summed E-state index contributed by atoms with van der Waals surface area (Å²) in [6.45, 7) is 0.864. The van der Waals surface area contributed by atoms with Crippen molar-refractivity contribution in [3.05, 3.63) is 12.1 Å². The molecule has 9 heteroatoms. The summed E-state index contributed by atoms with van der Waals surface area (Å²) >= 11 is 1.58. The second-order valence-electron chi connectivity index (χ2n) is 4.16. The van der Waals surface area contributed by atoms with Crippen molar-refractivity contribution in [3.63, 3.8) is 0 Å². The SMILES string of the molecule is COc1cc(OC)c(S(=O)(=O)NCCSCCN)c(OC)c1. The van der Waals surface area contributed by atoms with Crippen molar-refractivity contribution >= 4 is 21.8 Å². The molecule has 0 saturated carbocycles. The monoisotopic (exact) mass is 350 g/mol. The molecular weight excluding hydrogens is 328 g/mol. The smallest absolute Gasteiger partial charge is 0.248 e. The minimum atomic E-state index is -3.76. The number of benzene rings is 1.